The van der Waals surface area contributed by atoms with E-state index in [2.05, 4.69) is 16.1 Å². The van der Waals surface area contributed by atoms with Crippen LogP contribution in [0.1, 0.15) is 58.7 Å². The summed E-state index contributed by atoms with van der Waals surface area (Å²) in [5.74, 6) is -0.144. The molecule has 39 heavy (non-hydrogen) atoms. The summed E-state index contributed by atoms with van der Waals surface area (Å²) in [6.07, 6.45) is 2.53. The molecule has 0 fully saturated rings. The van der Waals surface area contributed by atoms with Crippen LogP contribution >= 0.6 is 0 Å². The number of benzene rings is 1. The van der Waals surface area contributed by atoms with E-state index in [4.69, 9.17) is 5.73 Å². The lowest BCUT2D eigenvalue weighted by Crippen LogP contribution is -2.32. The van der Waals surface area contributed by atoms with Crippen molar-refractivity contribution >= 4 is 6.29 Å². The molecule has 2 atom stereocenters. The van der Waals surface area contributed by atoms with Gasteiger partial charge in [-0.2, -0.15) is 23.5 Å². The van der Waals surface area contributed by atoms with Gasteiger partial charge in [-0.1, -0.05) is 49.8 Å². The van der Waals surface area contributed by atoms with Crippen LogP contribution in [0.3, 0.4) is 0 Å². The molecule has 0 amide bonds. The number of allylic oxidation sites excluding steroid dienone is 3. The first-order valence-corrected chi connectivity index (χ1v) is 13.0. The fourth-order valence-corrected chi connectivity index (χ4v) is 4.28. The van der Waals surface area contributed by atoms with Crippen LogP contribution in [0, 0.1) is 11.3 Å². The summed E-state index contributed by atoms with van der Waals surface area (Å²) in [6, 6.07) is 9.35. The number of carbonyl (C=O) groups excluding carboxylic acids is 1. The van der Waals surface area contributed by atoms with Crippen molar-refractivity contribution in [2.75, 3.05) is 20.1 Å². The van der Waals surface area contributed by atoms with Crippen molar-refractivity contribution in [1.82, 2.24) is 14.7 Å². The number of nitriles is 1. The van der Waals surface area contributed by atoms with Gasteiger partial charge in [0.1, 0.15) is 6.29 Å². The molecule has 2 N–H and O–H groups in total. The third-order valence-electron chi connectivity index (χ3n) is 5.89. The number of aldehydes is 1. The van der Waals surface area contributed by atoms with E-state index in [1.54, 1.807) is 39.0 Å². The Morgan fingerprint density at radius 2 is 1.92 bits per heavy atom. The van der Waals surface area contributed by atoms with E-state index >= 15 is 0 Å². The van der Waals surface area contributed by atoms with Crippen LogP contribution in [0.5, 0.6) is 0 Å². The minimum absolute atomic E-state index is 0.00907. The number of aromatic nitrogens is 2. The van der Waals surface area contributed by atoms with Gasteiger partial charge in [0.25, 0.3) is 0 Å². The normalized spacial score (nSPS) is 17.1. The lowest BCUT2D eigenvalue weighted by Gasteiger charge is -2.34. The summed E-state index contributed by atoms with van der Waals surface area (Å²) in [6.45, 7) is 13.1. The summed E-state index contributed by atoms with van der Waals surface area (Å²) in [5, 5.41) is 13.0. The highest BCUT2D eigenvalue weighted by Crippen LogP contribution is 2.42. The number of alkyl halides is 3. The molecular weight excluding hydrogens is 503 g/mol. The summed E-state index contributed by atoms with van der Waals surface area (Å²) < 4.78 is 42.5. The fourth-order valence-electron chi connectivity index (χ4n) is 4.28. The maximum absolute atomic E-state index is 13.7. The summed E-state index contributed by atoms with van der Waals surface area (Å²) >= 11 is 0. The highest BCUT2D eigenvalue weighted by Gasteiger charge is 2.38. The SMILES string of the molecule is CC.CC(N)/C=C/C=O.CCn1cc(-c2ccccc2[C@@H]2CN(C)CC(C)=C2/C=C(\C)C#N)c(C(F)(F)F)n1. The van der Waals surface area contributed by atoms with Crippen molar-refractivity contribution in [3.05, 3.63) is 76.7 Å². The Morgan fingerprint density at radius 1 is 1.28 bits per heavy atom. The fraction of sp³-hybridized carbons (Fsp3) is 0.433. The first-order chi connectivity index (χ1) is 18.4. The van der Waals surface area contributed by atoms with Gasteiger partial charge in [-0.05, 0) is 63.6 Å². The molecular formula is C30H40F3N5O. The molecule has 0 radical (unpaired) electrons. The van der Waals surface area contributed by atoms with Gasteiger partial charge < -0.3 is 10.6 Å². The number of halogens is 3. The van der Waals surface area contributed by atoms with Gasteiger partial charge in [-0.3, -0.25) is 9.48 Å². The van der Waals surface area contributed by atoms with E-state index < -0.39 is 11.9 Å². The lowest BCUT2D eigenvalue weighted by molar-refractivity contribution is -0.141. The zero-order chi connectivity index (χ0) is 29.8. The lowest BCUT2D eigenvalue weighted by atomic mass is 9.81. The molecule has 1 aromatic heterocycles. The zero-order valence-corrected chi connectivity index (χ0v) is 23.9. The second-order valence-electron chi connectivity index (χ2n) is 9.14. The van der Waals surface area contributed by atoms with Crippen molar-refractivity contribution in [2.24, 2.45) is 5.73 Å². The maximum atomic E-state index is 13.7. The van der Waals surface area contributed by atoms with Gasteiger partial charge in [0.2, 0.25) is 0 Å². The number of likely N-dealkylation sites (N-methyl/N-ethyl adjacent to an activating group) is 1. The second-order valence-corrected chi connectivity index (χ2v) is 9.14. The number of nitrogens with two attached hydrogens (primary N) is 1. The van der Waals surface area contributed by atoms with Crippen LogP contribution in [0.25, 0.3) is 11.1 Å². The van der Waals surface area contributed by atoms with Crippen molar-refractivity contribution in [3.63, 3.8) is 0 Å². The van der Waals surface area contributed by atoms with Gasteiger partial charge in [-0.15, -0.1) is 0 Å². The van der Waals surface area contributed by atoms with Crippen molar-refractivity contribution in [3.8, 4) is 17.2 Å². The monoisotopic (exact) mass is 543 g/mol. The highest BCUT2D eigenvalue weighted by molar-refractivity contribution is 5.71. The smallest absolute Gasteiger partial charge is 0.325 e. The summed E-state index contributed by atoms with van der Waals surface area (Å²) in [4.78, 5) is 11.7. The summed E-state index contributed by atoms with van der Waals surface area (Å²) in [7, 11) is 1.99. The number of aryl methyl sites for hydroxylation is 1. The standard InChI is InChI=1S/C23H25F3N4.C5H9NO.C2H6/c1-5-30-14-21(22(28-30)23(24,25)26)18-9-7-6-8-17(18)20-13-29(4)12-16(3)19(20)10-15(2)11-27;1-5(6)3-2-4-7;1-2/h6-10,14,20H,5,12-13H2,1-4H3;2-5H,6H2,1H3;1-2H3/b15-10+;3-2+;/t20-;;/m0../s1. The molecule has 0 aliphatic carbocycles. The van der Waals surface area contributed by atoms with Crippen LogP contribution in [0.15, 0.2) is 65.4 Å². The zero-order valence-electron chi connectivity index (χ0n) is 23.9. The van der Waals surface area contributed by atoms with Crippen molar-refractivity contribution in [1.29, 1.82) is 5.26 Å². The topological polar surface area (TPSA) is 87.9 Å². The number of carbonyl (C=O) groups is 1. The molecule has 212 valence electrons. The Bertz CT molecular complexity index is 1220. The number of hydrogen-bond donors (Lipinski definition) is 1. The second kappa shape index (κ2) is 15.8. The van der Waals surface area contributed by atoms with Crippen LogP contribution in [0.2, 0.25) is 0 Å². The van der Waals surface area contributed by atoms with Crippen molar-refractivity contribution < 1.29 is 18.0 Å². The molecule has 2 heterocycles. The maximum Gasteiger partial charge on any atom is 0.435 e. The Hall–Kier alpha value is -3.48. The Kier molecular flexibility index (Phi) is 13.6. The van der Waals surface area contributed by atoms with Gasteiger partial charge >= 0.3 is 6.18 Å². The van der Waals surface area contributed by atoms with Gasteiger partial charge in [0.05, 0.1) is 6.07 Å². The average molecular weight is 544 g/mol. The number of rotatable bonds is 6. The molecule has 9 heteroatoms. The van der Waals surface area contributed by atoms with Crippen LogP contribution in [0.4, 0.5) is 13.2 Å². The Labute approximate surface area is 230 Å². The van der Waals surface area contributed by atoms with Gasteiger partial charge in [0, 0.05) is 48.9 Å². The molecule has 6 nitrogen and oxygen atoms in total. The van der Waals surface area contributed by atoms with E-state index in [-0.39, 0.29) is 17.5 Å². The van der Waals surface area contributed by atoms with Crippen LogP contribution < -0.4 is 5.73 Å². The molecule has 1 unspecified atom stereocenters. The van der Waals surface area contributed by atoms with Crippen molar-refractivity contribution in [2.45, 2.75) is 66.2 Å². The molecule has 0 saturated carbocycles. The van der Waals surface area contributed by atoms with E-state index in [0.29, 0.717) is 30.5 Å². The van der Waals surface area contributed by atoms with Gasteiger partial charge in [0.15, 0.2) is 5.69 Å². The molecule has 1 aliphatic heterocycles. The first kappa shape index (κ1) is 33.5. The van der Waals surface area contributed by atoms with Crippen LogP contribution in [-0.4, -0.2) is 47.1 Å². The third kappa shape index (κ3) is 9.65. The van der Waals surface area contributed by atoms with Crippen LogP contribution in [-0.2, 0) is 17.5 Å². The van der Waals surface area contributed by atoms with Gasteiger partial charge in [-0.25, -0.2) is 0 Å². The molecule has 1 aromatic carbocycles. The van der Waals surface area contributed by atoms with E-state index in [1.165, 1.54) is 17.0 Å². The molecule has 1 aliphatic rings. The first-order valence-electron chi connectivity index (χ1n) is 13.0. The molecule has 2 aromatic rings. The quantitative estimate of drug-likeness (QED) is 0.255. The van der Waals surface area contributed by atoms with E-state index in [0.717, 1.165) is 23.3 Å². The minimum Gasteiger partial charge on any atom is -0.325 e. The third-order valence-corrected chi connectivity index (χ3v) is 5.89. The molecule has 3 rings (SSSR count). The largest absolute Gasteiger partial charge is 0.435 e. The molecule has 0 bridgehead atoms. The minimum atomic E-state index is -4.54. The highest BCUT2D eigenvalue weighted by atomic mass is 19.4. The number of hydrogen-bond acceptors (Lipinski definition) is 5. The predicted octanol–water partition coefficient (Wildman–Crippen LogP) is 6.52. The van der Waals surface area contributed by atoms with E-state index in [9.17, 15) is 23.2 Å². The van der Waals surface area contributed by atoms with E-state index in [1.807, 2.05) is 46.0 Å². The number of nitrogens with zero attached hydrogens (tertiary/aromatic N) is 4. The molecule has 0 saturated heterocycles. The average Bonchev–Trinajstić information content (AvgIpc) is 3.35. The Balaban J connectivity index is 0.000000735. The summed E-state index contributed by atoms with van der Waals surface area (Å²) in [5.41, 5.74) is 8.47. The Morgan fingerprint density at radius 3 is 2.44 bits per heavy atom. The predicted molar refractivity (Wildman–Crippen MR) is 151 cm³/mol. The molecule has 0 spiro atoms.